The molecule has 0 saturated carbocycles. The van der Waals surface area contributed by atoms with Gasteiger partial charge in [-0.3, -0.25) is 4.79 Å². The average molecular weight is 313 g/mol. The summed E-state index contributed by atoms with van der Waals surface area (Å²) in [6.45, 7) is 0.517. The number of rotatable bonds is 3. The van der Waals surface area contributed by atoms with Crippen LogP contribution < -0.4 is 0 Å². The highest BCUT2D eigenvalue weighted by Crippen LogP contribution is 2.41. The van der Waals surface area contributed by atoms with Gasteiger partial charge >= 0.3 is 0 Å². The lowest BCUT2D eigenvalue weighted by atomic mass is 9.82. The molecule has 1 aliphatic heterocycles. The summed E-state index contributed by atoms with van der Waals surface area (Å²) in [4.78, 5) is 14.1. The molecule has 1 heterocycles. The number of carbonyl (C=O) groups excluding carboxylic acids is 1. The molecule has 5 heteroatoms. The Morgan fingerprint density at radius 2 is 1.52 bits per heavy atom. The molecule has 0 bridgehead atoms. The van der Waals surface area contributed by atoms with Crippen molar-refractivity contribution in [3.05, 3.63) is 59.7 Å². The monoisotopic (exact) mass is 313 g/mol. The molecule has 0 spiro atoms. The van der Waals surface area contributed by atoms with Crippen LogP contribution in [0.25, 0.3) is 0 Å². The number of amides is 1. The van der Waals surface area contributed by atoms with Crippen molar-refractivity contribution in [2.45, 2.75) is 12.0 Å². The summed E-state index contributed by atoms with van der Waals surface area (Å²) in [6.07, 6.45) is -0.952. The molecule has 5 nitrogen and oxygen atoms in total. The molecule has 3 N–H and O–H groups in total. The maximum Gasteiger partial charge on any atom is 0.229 e. The smallest absolute Gasteiger partial charge is 0.229 e. The molecule has 1 amide bonds. The minimum atomic E-state index is -0.952. The van der Waals surface area contributed by atoms with Crippen LogP contribution in [0.3, 0.4) is 0 Å². The summed E-state index contributed by atoms with van der Waals surface area (Å²) < 4.78 is 0. The normalized spacial score (nSPS) is 22.3. The van der Waals surface area contributed by atoms with Gasteiger partial charge in [0, 0.05) is 19.5 Å². The molecule has 3 atom stereocenters. The van der Waals surface area contributed by atoms with E-state index in [0.29, 0.717) is 12.1 Å². The van der Waals surface area contributed by atoms with Gasteiger partial charge in [0.25, 0.3) is 0 Å². The van der Waals surface area contributed by atoms with E-state index in [0.717, 1.165) is 5.56 Å². The number of aromatic hydroxyl groups is 2. The van der Waals surface area contributed by atoms with Crippen molar-refractivity contribution in [2.75, 3.05) is 13.6 Å². The van der Waals surface area contributed by atoms with Crippen LogP contribution in [0.15, 0.2) is 48.5 Å². The van der Waals surface area contributed by atoms with Gasteiger partial charge < -0.3 is 20.2 Å². The fraction of sp³-hybridized carbons (Fsp3) is 0.278. The van der Waals surface area contributed by atoms with Gasteiger partial charge in [-0.25, -0.2) is 0 Å². The molecule has 3 rings (SSSR count). The van der Waals surface area contributed by atoms with Crippen LogP contribution in [0.1, 0.15) is 23.1 Å². The second kappa shape index (κ2) is 5.93. The highest BCUT2D eigenvalue weighted by Gasteiger charge is 2.44. The zero-order valence-electron chi connectivity index (χ0n) is 12.8. The highest BCUT2D eigenvalue weighted by molar-refractivity contribution is 5.83. The van der Waals surface area contributed by atoms with E-state index in [1.807, 2.05) is 0 Å². The van der Waals surface area contributed by atoms with Crippen LogP contribution in [-0.4, -0.2) is 39.7 Å². The Bertz CT molecular complexity index is 696. The average Bonchev–Trinajstić information content (AvgIpc) is 2.84. The zero-order valence-corrected chi connectivity index (χ0v) is 12.8. The molecule has 1 saturated heterocycles. The molecule has 1 aliphatic rings. The number of likely N-dealkylation sites (tertiary alicyclic amines) is 1. The Kier molecular flexibility index (Phi) is 3.96. The molecule has 0 aromatic heterocycles. The molecule has 0 aliphatic carbocycles. The highest BCUT2D eigenvalue weighted by atomic mass is 16.3. The van der Waals surface area contributed by atoms with Crippen molar-refractivity contribution in [1.82, 2.24) is 4.90 Å². The van der Waals surface area contributed by atoms with Crippen molar-refractivity contribution in [3.63, 3.8) is 0 Å². The Hall–Kier alpha value is -2.53. The topological polar surface area (TPSA) is 81.0 Å². The van der Waals surface area contributed by atoms with Gasteiger partial charge in [-0.2, -0.15) is 0 Å². The Morgan fingerprint density at radius 1 is 1.00 bits per heavy atom. The second-order valence-electron chi connectivity index (χ2n) is 5.98. The van der Waals surface area contributed by atoms with Gasteiger partial charge in [0.15, 0.2) is 0 Å². The number of aliphatic hydroxyl groups excluding tert-OH is 1. The third-order valence-corrected chi connectivity index (χ3v) is 4.46. The Labute approximate surface area is 134 Å². The number of nitrogens with zero attached hydrogens (tertiary/aromatic N) is 1. The molecule has 23 heavy (non-hydrogen) atoms. The number of hydrogen-bond acceptors (Lipinski definition) is 4. The molecular weight excluding hydrogens is 294 g/mol. The van der Waals surface area contributed by atoms with Crippen molar-refractivity contribution >= 4 is 5.91 Å². The van der Waals surface area contributed by atoms with Crippen molar-refractivity contribution in [3.8, 4) is 11.5 Å². The quantitative estimate of drug-likeness (QED) is 0.809. The van der Waals surface area contributed by atoms with E-state index in [9.17, 15) is 20.1 Å². The summed E-state index contributed by atoms with van der Waals surface area (Å²) in [5.74, 6) is -0.567. The summed E-state index contributed by atoms with van der Waals surface area (Å²) in [5.41, 5.74) is 1.50. The first-order valence-corrected chi connectivity index (χ1v) is 7.48. The molecule has 1 fully saturated rings. The van der Waals surface area contributed by atoms with E-state index in [1.165, 1.54) is 12.1 Å². The van der Waals surface area contributed by atoms with E-state index in [-0.39, 0.29) is 23.3 Å². The third kappa shape index (κ3) is 2.87. The molecule has 0 radical (unpaired) electrons. The molecule has 120 valence electrons. The number of phenolic OH excluding ortho intramolecular Hbond substituents is 2. The minimum Gasteiger partial charge on any atom is -0.508 e. The van der Waals surface area contributed by atoms with Gasteiger partial charge in [0.1, 0.15) is 11.5 Å². The van der Waals surface area contributed by atoms with Crippen molar-refractivity contribution in [2.24, 2.45) is 5.92 Å². The minimum absolute atomic E-state index is 0.108. The number of phenols is 2. The first-order valence-electron chi connectivity index (χ1n) is 7.48. The van der Waals surface area contributed by atoms with Crippen molar-refractivity contribution < 1.29 is 20.1 Å². The lowest BCUT2D eigenvalue weighted by Crippen LogP contribution is -2.27. The molecule has 2 aromatic carbocycles. The summed E-state index contributed by atoms with van der Waals surface area (Å²) in [5, 5.41) is 29.5. The SMILES string of the molecule is CN1CC(c2ccc(O)cc2)C(C(O)c2ccc(O)cc2)C1=O. The van der Waals surface area contributed by atoms with Crippen molar-refractivity contribution in [1.29, 1.82) is 0 Å². The summed E-state index contributed by atoms with van der Waals surface area (Å²) >= 11 is 0. The van der Waals surface area contributed by atoms with Gasteiger partial charge in [-0.15, -0.1) is 0 Å². The predicted octanol–water partition coefficient (Wildman–Crippen LogP) is 2.00. The summed E-state index contributed by atoms with van der Waals surface area (Å²) in [7, 11) is 1.72. The fourth-order valence-corrected chi connectivity index (χ4v) is 3.19. The lowest BCUT2D eigenvalue weighted by molar-refractivity contribution is -0.133. The number of hydrogen-bond donors (Lipinski definition) is 3. The van der Waals surface area contributed by atoms with Gasteiger partial charge in [0.2, 0.25) is 5.91 Å². The van der Waals surface area contributed by atoms with Crippen LogP contribution in [0.2, 0.25) is 0 Å². The van der Waals surface area contributed by atoms with E-state index in [4.69, 9.17) is 0 Å². The maximum atomic E-state index is 12.5. The maximum absolute atomic E-state index is 12.5. The third-order valence-electron chi connectivity index (χ3n) is 4.46. The van der Waals surface area contributed by atoms with Crippen LogP contribution in [-0.2, 0) is 4.79 Å². The van der Waals surface area contributed by atoms with Gasteiger partial charge in [-0.1, -0.05) is 24.3 Å². The fourth-order valence-electron chi connectivity index (χ4n) is 3.19. The van der Waals surface area contributed by atoms with E-state index < -0.39 is 12.0 Å². The predicted molar refractivity (Wildman–Crippen MR) is 85.0 cm³/mol. The van der Waals surface area contributed by atoms with E-state index >= 15 is 0 Å². The number of benzene rings is 2. The largest absolute Gasteiger partial charge is 0.508 e. The summed E-state index contributed by atoms with van der Waals surface area (Å²) in [6, 6.07) is 13.0. The zero-order chi connectivity index (χ0) is 16.6. The van der Waals surface area contributed by atoms with Crippen LogP contribution in [0, 0.1) is 5.92 Å². The molecule has 3 unspecified atom stereocenters. The van der Waals surface area contributed by atoms with Gasteiger partial charge in [0.05, 0.1) is 12.0 Å². The van der Waals surface area contributed by atoms with E-state index in [1.54, 1.807) is 48.3 Å². The van der Waals surface area contributed by atoms with Crippen LogP contribution in [0.4, 0.5) is 0 Å². The number of aliphatic hydroxyl groups is 1. The lowest BCUT2D eigenvalue weighted by Gasteiger charge is -2.23. The van der Waals surface area contributed by atoms with Crippen LogP contribution >= 0.6 is 0 Å². The second-order valence-corrected chi connectivity index (χ2v) is 5.98. The molecular formula is C18H19NO4. The Morgan fingerprint density at radius 3 is 2.09 bits per heavy atom. The van der Waals surface area contributed by atoms with E-state index in [2.05, 4.69) is 0 Å². The molecule has 2 aromatic rings. The standard InChI is InChI=1S/C18H19NO4/c1-19-10-15(11-2-6-13(20)7-3-11)16(18(19)23)17(22)12-4-8-14(21)9-5-12/h2-9,15-17,20-22H,10H2,1H3. The van der Waals surface area contributed by atoms with Crippen LogP contribution in [0.5, 0.6) is 11.5 Å². The van der Waals surface area contributed by atoms with Gasteiger partial charge in [-0.05, 0) is 35.4 Å². The number of carbonyl (C=O) groups is 1. The first kappa shape index (κ1) is 15.4. The Balaban J connectivity index is 1.94. The number of likely N-dealkylation sites (N-methyl/N-ethyl adjacent to an activating group) is 1. The first-order chi connectivity index (χ1) is 11.0.